The van der Waals surface area contributed by atoms with Crippen LogP contribution >= 0.6 is 0 Å². The van der Waals surface area contributed by atoms with Crippen molar-refractivity contribution >= 4 is 0 Å². The second-order valence-electron chi connectivity index (χ2n) is 3.90. The van der Waals surface area contributed by atoms with Crippen LogP contribution in [0, 0.1) is 0 Å². The number of hydrogen-bond donors (Lipinski definition) is 0. The monoisotopic (exact) mass is 278 g/mol. The van der Waals surface area contributed by atoms with Gasteiger partial charge in [0.05, 0.1) is 13.2 Å². The van der Waals surface area contributed by atoms with Gasteiger partial charge in [-0.1, -0.05) is 0 Å². The van der Waals surface area contributed by atoms with Crippen molar-refractivity contribution in [1.82, 2.24) is 0 Å². The van der Waals surface area contributed by atoms with E-state index in [1.54, 1.807) is 0 Å². The van der Waals surface area contributed by atoms with Crippen LogP contribution in [0.3, 0.4) is 0 Å². The van der Waals surface area contributed by atoms with Gasteiger partial charge < -0.3 is 28.4 Å². The van der Waals surface area contributed by atoms with Crippen molar-refractivity contribution in [2.45, 2.75) is 46.1 Å². The fourth-order valence-electron chi connectivity index (χ4n) is 1.99. The Bertz CT molecular complexity index is 199. The van der Waals surface area contributed by atoms with Crippen molar-refractivity contribution in [2.75, 3.05) is 39.6 Å². The Labute approximate surface area is 115 Å². The maximum atomic E-state index is 5.75. The molecule has 0 radical (unpaired) electrons. The maximum Gasteiger partial charge on any atom is 0.273 e. The first kappa shape index (κ1) is 16.8. The topological polar surface area (TPSA) is 55.4 Å². The molecule has 1 rings (SSSR count). The zero-order valence-electron chi connectivity index (χ0n) is 12.3. The van der Waals surface area contributed by atoms with E-state index in [1.165, 1.54) is 0 Å². The Kier molecular flexibility index (Phi) is 7.82. The number of rotatable bonds is 10. The molecule has 0 aromatic carbocycles. The van der Waals surface area contributed by atoms with Crippen LogP contribution in [0.1, 0.15) is 27.7 Å². The molecule has 6 heteroatoms. The second-order valence-corrected chi connectivity index (χ2v) is 3.90. The van der Waals surface area contributed by atoms with Crippen molar-refractivity contribution in [3.05, 3.63) is 0 Å². The van der Waals surface area contributed by atoms with E-state index in [9.17, 15) is 0 Å². The Morgan fingerprint density at radius 1 is 0.737 bits per heavy atom. The lowest BCUT2D eigenvalue weighted by Gasteiger charge is -2.39. The summed E-state index contributed by atoms with van der Waals surface area (Å²) in [6.45, 7) is 10.5. The van der Waals surface area contributed by atoms with Gasteiger partial charge in [0.25, 0.3) is 5.79 Å². The minimum absolute atomic E-state index is 0.466. The van der Waals surface area contributed by atoms with Crippen LogP contribution in [0.25, 0.3) is 0 Å². The average Bonchev–Trinajstić information content (AvgIpc) is 2.89. The first-order valence-corrected chi connectivity index (χ1v) is 6.99. The Balaban J connectivity index is 2.90. The van der Waals surface area contributed by atoms with Gasteiger partial charge in [-0.3, -0.25) is 0 Å². The molecule has 19 heavy (non-hydrogen) atoms. The molecule has 114 valence electrons. The first-order valence-electron chi connectivity index (χ1n) is 6.99. The highest BCUT2D eigenvalue weighted by atomic mass is 16.8. The molecule has 0 aliphatic carbocycles. The first-order chi connectivity index (χ1) is 9.25. The van der Waals surface area contributed by atoms with Crippen molar-refractivity contribution < 1.29 is 28.4 Å². The number of ether oxygens (including phenoxy) is 6. The number of hydrogen-bond acceptors (Lipinski definition) is 6. The van der Waals surface area contributed by atoms with Gasteiger partial charge in [0.1, 0.15) is 0 Å². The van der Waals surface area contributed by atoms with Crippen LogP contribution in [-0.2, 0) is 28.4 Å². The van der Waals surface area contributed by atoms with Crippen LogP contribution in [0.2, 0.25) is 0 Å². The van der Waals surface area contributed by atoms with Crippen molar-refractivity contribution in [3.63, 3.8) is 0 Å². The van der Waals surface area contributed by atoms with Crippen molar-refractivity contribution in [3.8, 4) is 0 Å². The Morgan fingerprint density at radius 2 is 1.05 bits per heavy atom. The Hall–Kier alpha value is -0.240. The van der Waals surface area contributed by atoms with E-state index in [-0.39, 0.29) is 0 Å². The third-order valence-electron chi connectivity index (χ3n) is 2.67. The Morgan fingerprint density at radius 3 is 1.32 bits per heavy atom. The van der Waals surface area contributed by atoms with Crippen LogP contribution in [0.15, 0.2) is 0 Å². The lowest BCUT2D eigenvalue weighted by Crippen LogP contribution is -2.57. The summed E-state index contributed by atoms with van der Waals surface area (Å²) in [6, 6.07) is 0. The zero-order valence-corrected chi connectivity index (χ0v) is 12.3. The highest BCUT2D eigenvalue weighted by Gasteiger charge is 2.54. The van der Waals surface area contributed by atoms with Crippen molar-refractivity contribution in [2.24, 2.45) is 0 Å². The summed E-state index contributed by atoms with van der Waals surface area (Å²) in [6.07, 6.45) is -1.35. The molecule has 1 aliphatic heterocycles. The van der Waals surface area contributed by atoms with E-state index in [0.29, 0.717) is 39.6 Å². The van der Waals surface area contributed by atoms with Crippen LogP contribution < -0.4 is 0 Å². The average molecular weight is 278 g/mol. The van der Waals surface area contributed by atoms with Crippen LogP contribution in [0.4, 0.5) is 0 Å². The fraction of sp³-hybridized carbons (Fsp3) is 1.00. The molecule has 0 aromatic heterocycles. The fourth-order valence-corrected chi connectivity index (χ4v) is 1.99. The van der Waals surface area contributed by atoms with Gasteiger partial charge in [0.15, 0.2) is 0 Å². The SMILES string of the molecule is CCOC(OCC)C1(C(OCC)OCC)OCCO1. The summed E-state index contributed by atoms with van der Waals surface area (Å²) in [5, 5.41) is 0. The molecular weight excluding hydrogens is 252 g/mol. The second kappa shape index (κ2) is 8.84. The van der Waals surface area contributed by atoms with E-state index < -0.39 is 18.4 Å². The normalized spacial score (nSPS) is 18.6. The van der Waals surface area contributed by atoms with E-state index >= 15 is 0 Å². The molecule has 6 nitrogen and oxygen atoms in total. The summed E-state index contributed by atoms with van der Waals surface area (Å²) < 4.78 is 34.0. The molecule has 0 spiro atoms. The highest BCUT2D eigenvalue weighted by molar-refractivity contribution is 4.83. The van der Waals surface area contributed by atoms with E-state index in [1.807, 2.05) is 27.7 Å². The summed E-state index contributed by atoms with van der Waals surface area (Å²) in [5.41, 5.74) is 0. The predicted molar refractivity (Wildman–Crippen MR) is 68.7 cm³/mol. The van der Waals surface area contributed by atoms with Gasteiger partial charge in [-0.25, -0.2) is 0 Å². The molecular formula is C13H26O6. The summed E-state index contributed by atoms with van der Waals surface area (Å²) in [7, 11) is 0. The lowest BCUT2D eigenvalue weighted by molar-refractivity contribution is -0.389. The van der Waals surface area contributed by atoms with Gasteiger partial charge in [0.2, 0.25) is 12.6 Å². The summed E-state index contributed by atoms with van der Waals surface area (Å²) in [4.78, 5) is 0. The quantitative estimate of drug-likeness (QED) is 0.565. The zero-order chi connectivity index (χ0) is 14.1. The van der Waals surface area contributed by atoms with Crippen LogP contribution in [0.5, 0.6) is 0 Å². The summed E-state index contributed by atoms with van der Waals surface area (Å²) in [5.74, 6) is -1.15. The highest BCUT2D eigenvalue weighted by Crippen LogP contribution is 2.33. The molecule has 1 heterocycles. The molecule has 1 aliphatic rings. The largest absolute Gasteiger partial charge is 0.348 e. The minimum Gasteiger partial charge on any atom is -0.348 e. The molecule has 0 unspecified atom stereocenters. The molecule has 0 saturated carbocycles. The minimum atomic E-state index is -1.15. The lowest BCUT2D eigenvalue weighted by atomic mass is 10.2. The molecule has 1 saturated heterocycles. The third-order valence-corrected chi connectivity index (χ3v) is 2.67. The maximum absolute atomic E-state index is 5.75. The smallest absolute Gasteiger partial charge is 0.273 e. The van der Waals surface area contributed by atoms with Gasteiger partial charge in [-0.2, -0.15) is 0 Å². The predicted octanol–water partition coefficient (Wildman–Crippen LogP) is 1.53. The van der Waals surface area contributed by atoms with Gasteiger partial charge in [-0.05, 0) is 27.7 Å². The van der Waals surface area contributed by atoms with E-state index in [0.717, 1.165) is 0 Å². The van der Waals surface area contributed by atoms with Crippen LogP contribution in [-0.4, -0.2) is 58.0 Å². The van der Waals surface area contributed by atoms with E-state index in [4.69, 9.17) is 28.4 Å². The van der Waals surface area contributed by atoms with E-state index in [2.05, 4.69) is 0 Å². The molecule has 0 aromatic rings. The standard InChI is InChI=1S/C13H26O6/c1-5-14-11(15-6-2)13(18-9-10-19-13)12(16-7-3)17-8-4/h11-12H,5-10H2,1-4H3. The summed E-state index contributed by atoms with van der Waals surface area (Å²) >= 11 is 0. The molecule has 0 bridgehead atoms. The molecule has 1 fully saturated rings. The van der Waals surface area contributed by atoms with Gasteiger partial charge in [-0.15, -0.1) is 0 Å². The van der Waals surface area contributed by atoms with Crippen molar-refractivity contribution in [1.29, 1.82) is 0 Å². The van der Waals surface area contributed by atoms with Gasteiger partial charge >= 0.3 is 0 Å². The third kappa shape index (κ3) is 4.11. The van der Waals surface area contributed by atoms with Gasteiger partial charge in [0, 0.05) is 26.4 Å². The molecule has 0 atom stereocenters. The molecule has 0 N–H and O–H groups in total. The molecule has 0 amide bonds.